The van der Waals surface area contributed by atoms with Crippen LogP contribution in [-0.4, -0.2) is 37.4 Å². The van der Waals surface area contributed by atoms with Gasteiger partial charge in [-0.1, -0.05) is 32.0 Å². The smallest absolute Gasteiger partial charge is 0.257 e. The predicted octanol–water partition coefficient (Wildman–Crippen LogP) is 4.26. The number of rotatable bonds is 10. The van der Waals surface area contributed by atoms with Crippen molar-refractivity contribution in [1.29, 1.82) is 0 Å². The standard InChI is InChI=1S/C22H28N2O4S/c1-4-26-12-13-27-20-11-6-5-10-19(20)23-22(29)24-21(25)17-8-7-9-18(14-17)28-15-16(2)3/h5-11,14,16H,4,12-13,15H2,1-3H3,(H2,23,24,25,29). The highest BCUT2D eigenvalue weighted by Gasteiger charge is 2.11. The fourth-order valence-corrected chi connectivity index (χ4v) is 2.57. The molecule has 0 aromatic heterocycles. The molecule has 0 aliphatic heterocycles. The topological polar surface area (TPSA) is 68.8 Å². The first-order valence-electron chi connectivity index (χ1n) is 9.64. The third-order valence-corrected chi connectivity index (χ3v) is 3.94. The average Bonchev–Trinajstić information content (AvgIpc) is 2.71. The summed E-state index contributed by atoms with van der Waals surface area (Å²) in [6.45, 7) is 8.23. The number of hydrogen-bond donors (Lipinski definition) is 2. The molecule has 0 aliphatic carbocycles. The van der Waals surface area contributed by atoms with Gasteiger partial charge in [0, 0.05) is 12.2 Å². The Morgan fingerprint density at radius 2 is 1.86 bits per heavy atom. The van der Waals surface area contributed by atoms with Crippen molar-refractivity contribution in [1.82, 2.24) is 5.32 Å². The highest BCUT2D eigenvalue weighted by Crippen LogP contribution is 2.23. The van der Waals surface area contributed by atoms with E-state index in [0.29, 0.717) is 55.1 Å². The third kappa shape index (κ3) is 8.09. The quantitative estimate of drug-likeness (QED) is 0.445. The monoisotopic (exact) mass is 416 g/mol. The summed E-state index contributed by atoms with van der Waals surface area (Å²) < 4.78 is 16.7. The molecule has 0 heterocycles. The lowest BCUT2D eigenvalue weighted by atomic mass is 10.2. The SMILES string of the molecule is CCOCCOc1ccccc1NC(=S)NC(=O)c1cccc(OCC(C)C)c1. The van der Waals surface area contributed by atoms with E-state index in [1.807, 2.05) is 37.3 Å². The molecule has 0 atom stereocenters. The molecule has 0 fully saturated rings. The highest BCUT2D eigenvalue weighted by atomic mass is 32.1. The van der Waals surface area contributed by atoms with E-state index in [1.54, 1.807) is 18.2 Å². The Labute approximate surface area is 177 Å². The van der Waals surface area contributed by atoms with Crippen molar-refractivity contribution in [2.24, 2.45) is 5.92 Å². The van der Waals surface area contributed by atoms with Gasteiger partial charge < -0.3 is 19.5 Å². The Bertz CT molecular complexity index is 811. The maximum atomic E-state index is 12.5. The summed E-state index contributed by atoms with van der Waals surface area (Å²) in [6, 6.07) is 14.4. The van der Waals surface area contributed by atoms with Crippen LogP contribution in [0.4, 0.5) is 5.69 Å². The van der Waals surface area contributed by atoms with E-state index in [2.05, 4.69) is 24.5 Å². The molecule has 2 N–H and O–H groups in total. The van der Waals surface area contributed by atoms with Gasteiger partial charge >= 0.3 is 0 Å². The van der Waals surface area contributed by atoms with Crippen molar-refractivity contribution >= 4 is 28.9 Å². The minimum atomic E-state index is -0.313. The lowest BCUT2D eigenvalue weighted by molar-refractivity contribution is 0.0977. The van der Waals surface area contributed by atoms with Gasteiger partial charge in [-0.05, 0) is 55.4 Å². The average molecular weight is 417 g/mol. The van der Waals surface area contributed by atoms with Crippen LogP contribution in [0.1, 0.15) is 31.1 Å². The van der Waals surface area contributed by atoms with Crippen molar-refractivity contribution in [2.75, 3.05) is 31.7 Å². The molecule has 0 unspecified atom stereocenters. The van der Waals surface area contributed by atoms with Crippen LogP contribution in [0, 0.1) is 5.92 Å². The van der Waals surface area contributed by atoms with Crippen LogP contribution in [-0.2, 0) is 4.74 Å². The number of para-hydroxylation sites is 2. The molecular formula is C22H28N2O4S. The fourth-order valence-electron chi connectivity index (χ4n) is 2.37. The maximum absolute atomic E-state index is 12.5. The first-order chi connectivity index (χ1) is 14.0. The second-order valence-electron chi connectivity index (χ2n) is 6.68. The van der Waals surface area contributed by atoms with Gasteiger partial charge in [0.2, 0.25) is 0 Å². The molecule has 0 radical (unpaired) electrons. The Morgan fingerprint density at radius 3 is 2.62 bits per heavy atom. The highest BCUT2D eigenvalue weighted by molar-refractivity contribution is 7.80. The molecule has 0 bridgehead atoms. The van der Waals surface area contributed by atoms with Crippen LogP contribution in [0.15, 0.2) is 48.5 Å². The first-order valence-corrected chi connectivity index (χ1v) is 10.0. The normalized spacial score (nSPS) is 10.5. The first kappa shape index (κ1) is 22.6. The van der Waals surface area contributed by atoms with E-state index in [-0.39, 0.29) is 11.0 Å². The Hall–Kier alpha value is -2.64. The third-order valence-electron chi connectivity index (χ3n) is 3.73. The van der Waals surface area contributed by atoms with Gasteiger partial charge in [0.15, 0.2) is 5.11 Å². The zero-order valence-corrected chi connectivity index (χ0v) is 17.9. The molecule has 2 aromatic carbocycles. The second kappa shape index (κ2) is 12.0. The van der Waals surface area contributed by atoms with Crippen LogP contribution in [0.2, 0.25) is 0 Å². The van der Waals surface area contributed by atoms with Crippen LogP contribution in [0.3, 0.4) is 0 Å². The lowest BCUT2D eigenvalue weighted by Crippen LogP contribution is -2.34. The lowest BCUT2D eigenvalue weighted by Gasteiger charge is -2.14. The molecular weight excluding hydrogens is 388 g/mol. The van der Waals surface area contributed by atoms with E-state index in [4.69, 9.17) is 26.4 Å². The van der Waals surface area contributed by atoms with E-state index < -0.39 is 0 Å². The van der Waals surface area contributed by atoms with Gasteiger partial charge in [-0.15, -0.1) is 0 Å². The van der Waals surface area contributed by atoms with Crippen molar-refractivity contribution < 1.29 is 19.0 Å². The molecule has 0 spiro atoms. The minimum absolute atomic E-state index is 0.185. The summed E-state index contributed by atoms with van der Waals surface area (Å²) in [7, 11) is 0. The van der Waals surface area contributed by atoms with Gasteiger partial charge in [-0.3, -0.25) is 10.1 Å². The van der Waals surface area contributed by atoms with Crippen LogP contribution >= 0.6 is 12.2 Å². The number of benzene rings is 2. The van der Waals surface area contributed by atoms with Gasteiger partial charge in [0.1, 0.15) is 18.1 Å². The summed E-state index contributed by atoms with van der Waals surface area (Å²) in [5, 5.41) is 5.88. The molecule has 0 aliphatic rings. The van der Waals surface area contributed by atoms with Crippen LogP contribution in [0.25, 0.3) is 0 Å². The molecule has 156 valence electrons. The molecule has 1 amide bonds. The Morgan fingerprint density at radius 1 is 1.07 bits per heavy atom. The van der Waals surface area contributed by atoms with Crippen LogP contribution < -0.4 is 20.1 Å². The fraction of sp³-hybridized carbons (Fsp3) is 0.364. The number of ether oxygens (including phenoxy) is 3. The number of carbonyl (C=O) groups excluding carboxylic acids is 1. The van der Waals surface area contributed by atoms with Gasteiger partial charge in [-0.2, -0.15) is 0 Å². The summed E-state index contributed by atoms with van der Waals surface area (Å²) >= 11 is 5.29. The molecule has 2 rings (SSSR count). The maximum Gasteiger partial charge on any atom is 0.257 e. The Balaban J connectivity index is 1.94. The number of thiocarbonyl (C=S) groups is 1. The number of anilines is 1. The number of amides is 1. The van der Waals surface area contributed by atoms with E-state index in [0.717, 1.165) is 0 Å². The van der Waals surface area contributed by atoms with E-state index in [1.165, 1.54) is 0 Å². The van der Waals surface area contributed by atoms with Crippen molar-refractivity contribution in [3.63, 3.8) is 0 Å². The van der Waals surface area contributed by atoms with E-state index >= 15 is 0 Å². The number of carbonyl (C=O) groups is 1. The zero-order chi connectivity index (χ0) is 21.1. The van der Waals surface area contributed by atoms with Crippen LogP contribution in [0.5, 0.6) is 11.5 Å². The molecule has 0 saturated carbocycles. The predicted molar refractivity (Wildman–Crippen MR) is 119 cm³/mol. The summed E-state index contributed by atoms with van der Waals surface area (Å²) in [6.07, 6.45) is 0. The second-order valence-corrected chi connectivity index (χ2v) is 7.09. The van der Waals surface area contributed by atoms with Crippen molar-refractivity contribution in [2.45, 2.75) is 20.8 Å². The molecule has 0 saturated heterocycles. The minimum Gasteiger partial charge on any atom is -0.493 e. The van der Waals surface area contributed by atoms with Gasteiger partial charge in [0.05, 0.1) is 18.9 Å². The number of hydrogen-bond acceptors (Lipinski definition) is 5. The summed E-state index contributed by atoms with van der Waals surface area (Å²) in [4.78, 5) is 12.5. The summed E-state index contributed by atoms with van der Waals surface area (Å²) in [5.41, 5.74) is 1.14. The molecule has 7 heteroatoms. The Kier molecular flexibility index (Phi) is 9.40. The molecule has 6 nitrogen and oxygen atoms in total. The zero-order valence-electron chi connectivity index (χ0n) is 17.1. The molecule has 2 aromatic rings. The van der Waals surface area contributed by atoms with E-state index in [9.17, 15) is 4.79 Å². The van der Waals surface area contributed by atoms with Crippen molar-refractivity contribution in [3.8, 4) is 11.5 Å². The van der Waals surface area contributed by atoms with Gasteiger partial charge in [-0.25, -0.2) is 0 Å². The van der Waals surface area contributed by atoms with Gasteiger partial charge in [0.25, 0.3) is 5.91 Å². The molecule has 29 heavy (non-hydrogen) atoms. The largest absolute Gasteiger partial charge is 0.493 e. The summed E-state index contributed by atoms with van der Waals surface area (Å²) in [5.74, 6) is 1.37. The van der Waals surface area contributed by atoms with Crippen molar-refractivity contribution in [3.05, 3.63) is 54.1 Å². The number of nitrogens with one attached hydrogen (secondary N) is 2.